The summed E-state index contributed by atoms with van der Waals surface area (Å²) in [6, 6.07) is 0. The molecule has 5 heteroatoms. The average molecular weight is 183 g/mol. The highest BCUT2D eigenvalue weighted by atomic mass is 32.1. The van der Waals surface area contributed by atoms with E-state index in [9.17, 15) is 0 Å². The average Bonchev–Trinajstić information content (AvgIpc) is 2.04. The summed E-state index contributed by atoms with van der Waals surface area (Å²) in [5.41, 5.74) is 7.55. The molecule has 1 aliphatic heterocycles. The summed E-state index contributed by atoms with van der Waals surface area (Å²) in [6.45, 7) is 1.28. The Morgan fingerprint density at radius 1 is 1.58 bits per heavy atom. The van der Waals surface area contributed by atoms with Crippen molar-refractivity contribution < 1.29 is 4.74 Å². The molecule has 0 aliphatic carbocycles. The first-order valence-electron chi connectivity index (χ1n) is 3.72. The van der Waals surface area contributed by atoms with Crippen molar-refractivity contribution in [2.24, 2.45) is 0 Å². The molecular formula is C7H9N3OS. The van der Waals surface area contributed by atoms with Gasteiger partial charge in [0.05, 0.1) is 13.2 Å². The van der Waals surface area contributed by atoms with Crippen LogP contribution in [0, 0.1) is 4.64 Å². The Labute approximate surface area is 74.8 Å². The lowest BCUT2D eigenvalue weighted by atomic mass is 10.1. The minimum Gasteiger partial charge on any atom is -0.376 e. The van der Waals surface area contributed by atoms with Crippen LogP contribution in [0.3, 0.4) is 0 Å². The molecule has 0 atom stereocenters. The number of rotatable bonds is 0. The summed E-state index contributed by atoms with van der Waals surface area (Å²) in [5.74, 6) is 0.389. The number of aromatic amines is 1. The van der Waals surface area contributed by atoms with E-state index in [1.807, 2.05) is 0 Å². The summed E-state index contributed by atoms with van der Waals surface area (Å²) in [4.78, 5) is 6.93. The van der Waals surface area contributed by atoms with E-state index in [-0.39, 0.29) is 0 Å². The molecule has 0 fully saturated rings. The lowest BCUT2D eigenvalue weighted by Gasteiger charge is -2.15. The van der Waals surface area contributed by atoms with E-state index in [0.717, 1.165) is 24.3 Å². The van der Waals surface area contributed by atoms with Crippen LogP contribution in [0.2, 0.25) is 0 Å². The zero-order valence-corrected chi connectivity index (χ0v) is 7.28. The number of nitrogens with one attached hydrogen (secondary N) is 1. The van der Waals surface area contributed by atoms with Crippen molar-refractivity contribution in [2.75, 3.05) is 12.3 Å². The Morgan fingerprint density at radius 2 is 2.42 bits per heavy atom. The van der Waals surface area contributed by atoms with Gasteiger partial charge in [-0.3, -0.25) is 0 Å². The highest BCUT2D eigenvalue weighted by Crippen LogP contribution is 2.15. The smallest absolute Gasteiger partial charge is 0.198 e. The van der Waals surface area contributed by atoms with Gasteiger partial charge < -0.3 is 15.5 Å². The van der Waals surface area contributed by atoms with Crippen molar-refractivity contribution >= 4 is 18.2 Å². The summed E-state index contributed by atoms with van der Waals surface area (Å²) >= 11 is 5.04. The highest BCUT2D eigenvalue weighted by Gasteiger charge is 2.12. The molecule has 1 aromatic rings. The topological polar surface area (TPSA) is 63.9 Å². The zero-order chi connectivity index (χ0) is 8.55. The van der Waals surface area contributed by atoms with Crippen molar-refractivity contribution in [3.8, 4) is 0 Å². The molecular weight excluding hydrogens is 174 g/mol. The monoisotopic (exact) mass is 183 g/mol. The van der Waals surface area contributed by atoms with Gasteiger partial charge in [0, 0.05) is 17.7 Å². The molecule has 1 aliphatic rings. The molecule has 0 amide bonds. The first-order valence-corrected chi connectivity index (χ1v) is 4.13. The third-order valence-electron chi connectivity index (χ3n) is 1.87. The summed E-state index contributed by atoms with van der Waals surface area (Å²) in [6.07, 6.45) is 0.839. The number of nitrogens with zero attached hydrogens (tertiary/aromatic N) is 1. The van der Waals surface area contributed by atoms with Crippen LogP contribution in [0.1, 0.15) is 11.3 Å². The lowest BCUT2D eigenvalue weighted by Crippen LogP contribution is -2.14. The molecule has 4 nitrogen and oxygen atoms in total. The molecule has 2 heterocycles. The van der Waals surface area contributed by atoms with E-state index < -0.39 is 0 Å². The Kier molecular flexibility index (Phi) is 1.82. The third kappa shape index (κ3) is 1.21. The van der Waals surface area contributed by atoms with E-state index in [4.69, 9.17) is 22.7 Å². The van der Waals surface area contributed by atoms with Crippen molar-refractivity contribution in [1.29, 1.82) is 0 Å². The van der Waals surface area contributed by atoms with E-state index in [2.05, 4.69) is 9.97 Å². The Balaban J connectivity index is 2.60. The van der Waals surface area contributed by atoms with Crippen LogP contribution in [-0.4, -0.2) is 16.6 Å². The number of nitrogen functional groups attached to an aromatic ring is 1. The minimum absolute atomic E-state index is 0.389. The van der Waals surface area contributed by atoms with Gasteiger partial charge >= 0.3 is 0 Å². The van der Waals surface area contributed by atoms with Gasteiger partial charge in [0.25, 0.3) is 0 Å². The second-order valence-corrected chi connectivity index (χ2v) is 3.07. The molecule has 0 radical (unpaired) electrons. The Hall–Kier alpha value is -0.940. The molecule has 0 unspecified atom stereocenters. The van der Waals surface area contributed by atoms with Gasteiger partial charge in [-0.1, -0.05) is 12.2 Å². The van der Waals surface area contributed by atoms with Crippen molar-refractivity contribution in [3.63, 3.8) is 0 Å². The third-order valence-corrected chi connectivity index (χ3v) is 2.20. The standard InChI is InChI=1S/C7H9N3OS/c8-7-9-5-1-2-11-3-4(5)6(12)10-7/h1-3H2,(H3,8,9,10,12). The molecule has 0 aromatic carbocycles. The van der Waals surface area contributed by atoms with E-state index in [0.29, 0.717) is 17.2 Å². The van der Waals surface area contributed by atoms with E-state index in [1.54, 1.807) is 0 Å². The van der Waals surface area contributed by atoms with E-state index in [1.165, 1.54) is 0 Å². The van der Waals surface area contributed by atoms with Gasteiger partial charge in [0.2, 0.25) is 0 Å². The number of nitrogens with two attached hydrogens (primary N) is 1. The molecule has 0 bridgehead atoms. The molecule has 0 saturated carbocycles. The second-order valence-electron chi connectivity index (χ2n) is 2.69. The summed E-state index contributed by atoms with van der Waals surface area (Å²) in [7, 11) is 0. The van der Waals surface area contributed by atoms with Crippen LogP contribution >= 0.6 is 12.2 Å². The maximum absolute atomic E-state index is 5.51. The van der Waals surface area contributed by atoms with E-state index >= 15 is 0 Å². The normalized spacial score (nSPS) is 15.7. The minimum atomic E-state index is 0.389. The van der Waals surface area contributed by atoms with Crippen LogP contribution in [-0.2, 0) is 17.8 Å². The number of ether oxygens (including phenoxy) is 1. The molecule has 3 N–H and O–H groups in total. The van der Waals surface area contributed by atoms with Gasteiger partial charge in [-0.15, -0.1) is 0 Å². The van der Waals surface area contributed by atoms with Crippen molar-refractivity contribution in [3.05, 3.63) is 15.9 Å². The van der Waals surface area contributed by atoms with Gasteiger partial charge in [-0.25, -0.2) is 4.98 Å². The van der Waals surface area contributed by atoms with Crippen LogP contribution in [0.5, 0.6) is 0 Å². The molecule has 2 rings (SSSR count). The van der Waals surface area contributed by atoms with Gasteiger partial charge in [-0.2, -0.15) is 0 Å². The Bertz CT molecular complexity index is 360. The number of hydrogen-bond donors (Lipinski definition) is 2. The quantitative estimate of drug-likeness (QED) is 0.584. The first kappa shape index (κ1) is 7.70. The molecule has 0 spiro atoms. The van der Waals surface area contributed by atoms with Gasteiger partial charge in [-0.05, 0) is 0 Å². The summed E-state index contributed by atoms with van der Waals surface area (Å²) < 4.78 is 5.81. The largest absolute Gasteiger partial charge is 0.376 e. The SMILES string of the molecule is Nc1nc(=S)c2c([nH]1)CCOC2. The van der Waals surface area contributed by atoms with Crippen molar-refractivity contribution in [1.82, 2.24) is 9.97 Å². The number of aromatic nitrogens is 2. The molecule has 0 saturated heterocycles. The summed E-state index contributed by atoms with van der Waals surface area (Å²) in [5, 5.41) is 0. The number of hydrogen-bond acceptors (Lipinski definition) is 4. The van der Waals surface area contributed by atoms with Crippen molar-refractivity contribution in [2.45, 2.75) is 13.0 Å². The van der Waals surface area contributed by atoms with Crippen LogP contribution in [0.15, 0.2) is 0 Å². The van der Waals surface area contributed by atoms with Gasteiger partial charge in [0.15, 0.2) is 5.95 Å². The number of H-pyrrole nitrogens is 1. The molecule has 1 aromatic heterocycles. The van der Waals surface area contributed by atoms with Gasteiger partial charge in [0.1, 0.15) is 4.64 Å². The lowest BCUT2D eigenvalue weighted by molar-refractivity contribution is 0.108. The van der Waals surface area contributed by atoms with Crippen LogP contribution in [0.25, 0.3) is 0 Å². The maximum Gasteiger partial charge on any atom is 0.198 e. The predicted octanol–water partition coefficient (Wildman–Crippen LogP) is 0.794. The van der Waals surface area contributed by atoms with Crippen LogP contribution in [0.4, 0.5) is 5.95 Å². The Morgan fingerprint density at radius 3 is 3.25 bits per heavy atom. The highest BCUT2D eigenvalue weighted by molar-refractivity contribution is 7.71. The molecule has 64 valence electrons. The zero-order valence-electron chi connectivity index (χ0n) is 6.46. The second kappa shape index (κ2) is 2.84. The maximum atomic E-state index is 5.51. The van der Waals surface area contributed by atoms with Crippen LogP contribution < -0.4 is 5.73 Å². The fraction of sp³-hybridized carbons (Fsp3) is 0.429. The first-order chi connectivity index (χ1) is 5.77. The predicted molar refractivity (Wildman–Crippen MR) is 47.2 cm³/mol. The fourth-order valence-corrected chi connectivity index (χ4v) is 1.56. The number of anilines is 1. The fourth-order valence-electron chi connectivity index (χ4n) is 1.27. The number of fused-ring (bicyclic) bond motifs is 1. The molecule has 12 heavy (non-hydrogen) atoms.